The van der Waals surface area contributed by atoms with Crippen LogP contribution in [0.2, 0.25) is 0 Å². The molecule has 176 valence electrons. The van der Waals surface area contributed by atoms with Gasteiger partial charge in [0, 0.05) is 5.38 Å². The van der Waals surface area contributed by atoms with Crippen molar-refractivity contribution in [1.29, 1.82) is 0 Å². The van der Waals surface area contributed by atoms with Gasteiger partial charge in [-0.25, -0.2) is 14.1 Å². The number of nitrogens with one attached hydrogen (secondary N) is 1. The number of rotatable bonds is 8. The fourth-order valence-electron chi connectivity index (χ4n) is 3.12. The Bertz CT molecular complexity index is 1240. The maximum absolute atomic E-state index is 12.9. The number of nitrogens with zero attached hydrogens (tertiary/aromatic N) is 3. The molecule has 2 amide bonds. The van der Waals surface area contributed by atoms with Crippen molar-refractivity contribution in [2.45, 2.75) is 32.0 Å². The van der Waals surface area contributed by atoms with E-state index in [9.17, 15) is 27.4 Å². The van der Waals surface area contributed by atoms with Gasteiger partial charge in [0.05, 0.1) is 11.1 Å². The van der Waals surface area contributed by atoms with Gasteiger partial charge in [-0.15, -0.1) is 11.3 Å². The van der Waals surface area contributed by atoms with Crippen molar-refractivity contribution < 1.29 is 37.3 Å². The molecule has 5 N–H and O–H groups in total. The molecule has 2 heterocycles. The van der Waals surface area contributed by atoms with Crippen molar-refractivity contribution in [3.8, 4) is 0 Å². The number of hydrogen-bond acceptors (Lipinski definition) is 10. The molecule has 3 rings (SSSR count). The molecule has 1 atom stereocenters. The van der Waals surface area contributed by atoms with E-state index in [1.165, 1.54) is 43.5 Å². The number of carboxylic acids is 1. The highest BCUT2D eigenvalue weighted by Crippen LogP contribution is 2.34. The summed E-state index contributed by atoms with van der Waals surface area (Å²) in [6.07, 6.45) is 0. The first-order valence-electron chi connectivity index (χ1n) is 9.18. The van der Waals surface area contributed by atoms with Gasteiger partial charge in [-0.1, -0.05) is 17.3 Å². The van der Waals surface area contributed by atoms with Crippen LogP contribution in [-0.2, 0) is 31.3 Å². The second kappa shape index (κ2) is 8.76. The zero-order chi connectivity index (χ0) is 24.6. The van der Waals surface area contributed by atoms with Crippen molar-refractivity contribution in [2.75, 3.05) is 5.73 Å². The molecule has 1 aliphatic heterocycles. The van der Waals surface area contributed by atoms with Crippen LogP contribution in [0, 0.1) is 0 Å². The van der Waals surface area contributed by atoms with Gasteiger partial charge >= 0.3 is 16.3 Å². The lowest BCUT2D eigenvalue weighted by Crippen LogP contribution is -2.77. The van der Waals surface area contributed by atoms with Crippen LogP contribution in [0.3, 0.4) is 0 Å². The van der Waals surface area contributed by atoms with Gasteiger partial charge in [-0.05, 0) is 31.5 Å². The Balaban J connectivity index is 1.78. The lowest BCUT2D eigenvalue weighted by Gasteiger charge is -2.50. The minimum Gasteiger partial charge on any atom is -0.478 e. The van der Waals surface area contributed by atoms with E-state index in [1.807, 2.05) is 0 Å². The summed E-state index contributed by atoms with van der Waals surface area (Å²) < 4.78 is 32.3. The summed E-state index contributed by atoms with van der Waals surface area (Å²) in [6, 6.07) is 4.52. The molecule has 1 aromatic carbocycles. The Hall–Kier alpha value is -3.56. The predicted molar refractivity (Wildman–Crippen MR) is 116 cm³/mol. The Morgan fingerprint density at radius 3 is 2.45 bits per heavy atom. The standard InChI is InChI=1S/C18H19N5O8S2/c1-18(2)13(15(25)23(18)33(28,29)30)21-14(24)12(11-8-32-17(19)20-11)22-31-7-9-3-5-10(6-4-9)16(26)27/h3-6,8,13H,7H2,1-2H3,(H2,19,20)(H,21,24)(H,26,27)(H,28,29,30)/b22-12-/t13-/m1/s1. The smallest absolute Gasteiger partial charge is 0.362 e. The molecule has 0 radical (unpaired) electrons. The molecule has 1 aromatic heterocycles. The molecule has 1 saturated heterocycles. The molecule has 1 fully saturated rings. The molecular formula is C18H19N5O8S2. The number of thiazole rings is 1. The summed E-state index contributed by atoms with van der Waals surface area (Å²) in [5.41, 5.74) is 4.59. The number of nitrogens with two attached hydrogens (primary N) is 1. The molecule has 0 unspecified atom stereocenters. The zero-order valence-corrected chi connectivity index (χ0v) is 18.9. The van der Waals surface area contributed by atoms with Gasteiger partial charge in [0.2, 0.25) is 0 Å². The SMILES string of the molecule is CC1(C)[C@H](NC(=O)/C(=N\OCc2ccc(C(=O)O)cc2)c2csc(N)n2)C(=O)N1S(=O)(=O)O. The van der Waals surface area contributed by atoms with Gasteiger partial charge in [0.15, 0.2) is 10.8 Å². The van der Waals surface area contributed by atoms with E-state index < -0.39 is 39.7 Å². The number of hydrogen-bond donors (Lipinski definition) is 4. The van der Waals surface area contributed by atoms with E-state index in [2.05, 4.69) is 15.5 Å². The van der Waals surface area contributed by atoms with E-state index in [4.69, 9.17) is 15.7 Å². The summed E-state index contributed by atoms with van der Waals surface area (Å²) in [5, 5.41) is 16.7. The van der Waals surface area contributed by atoms with Crippen molar-refractivity contribution in [3.05, 3.63) is 46.5 Å². The number of aromatic nitrogens is 1. The quantitative estimate of drug-likeness (QED) is 0.169. The Morgan fingerprint density at radius 1 is 1.33 bits per heavy atom. The Morgan fingerprint density at radius 2 is 1.97 bits per heavy atom. The summed E-state index contributed by atoms with van der Waals surface area (Å²) in [4.78, 5) is 45.2. The number of carbonyl (C=O) groups excluding carboxylic acids is 2. The second-order valence-electron chi connectivity index (χ2n) is 7.43. The van der Waals surface area contributed by atoms with Crippen LogP contribution in [0.1, 0.15) is 35.5 Å². The lowest BCUT2D eigenvalue weighted by atomic mass is 9.85. The maximum atomic E-state index is 12.9. The molecule has 1 aliphatic rings. The molecular weight excluding hydrogens is 478 g/mol. The molecule has 0 saturated carbocycles. The minimum absolute atomic E-state index is 0.0624. The highest BCUT2D eigenvalue weighted by molar-refractivity contribution is 7.84. The number of aromatic carboxylic acids is 1. The number of nitrogen functional groups attached to an aromatic ring is 1. The largest absolute Gasteiger partial charge is 0.478 e. The number of amides is 2. The molecule has 15 heteroatoms. The third-order valence-corrected chi connectivity index (χ3v) is 6.54. The normalized spacial score (nSPS) is 17.9. The van der Waals surface area contributed by atoms with Crippen LogP contribution >= 0.6 is 11.3 Å². The van der Waals surface area contributed by atoms with Crippen molar-refractivity contribution in [3.63, 3.8) is 0 Å². The van der Waals surface area contributed by atoms with E-state index in [0.29, 0.717) is 5.56 Å². The van der Waals surface area contributed by atoms with Gasteiger partial charge in [-0.3, -0.25) is 14.1 Å². The monoisotopic (exact) mass is 497 g/mol. The number of benzene rings is 1. The molecule has 13 nitrogen and oxygen atoms in total. The first kappa shape index (κ1) is 24.1. The number of anilines is 1. The maximum Gasteiger partial charge on any atom is 0.362 e. The van der Waals surface area contributed by atoms with Crippen molar-refractivity contribution >= 4 is 50.3 Å². The molecule has 0 bridgehead atoms. The summed E-state index contributed by atoms with van der Waals surface area (Å²) in [6.45, 7) is 2.59. The molecule has 2 aromatic rings. The third-order valence-electron chi connectivity index (χ3n) is 4.75. The zero-order valence-electron chi connectivity index (χ0n) is 17.3. The van der Waals surface area contributed by atoms with Crippen LogP contribution in [0.25, 0.3) is 0 Å². The third kappa shape index (κ3) is 4.94. The predicted octanol–water partition coefficient (Wildman–Crippen LogP) is 0.253. The second-order valence-corrected chi connectivity index (χ2v) is 9.58. The number of β-lactam (4-membered cyclic amide) rings is 1. The topological polar surface area (TPSA) is 202 Å². The number of oxime groups is 1. The Labute approximate surface area is 191 Å². The van der Waals surface area contributed by atoms with Crippen LogP contribution in [0.5, 0.6) is 0 Å². The fourth-order valence-corrected chi connectivity index (χ4v) is 4.70. The van der Waals surface area contributed by atoms with Crippen LogP contribution in [0.4, 0.5) is 5.13 Å². The number of carbonyl (C=O) groups is 3. The average molecular weight is 498 g/mol. The van der Waals surface area contributed by atoms with Gasteiger partial charge < -0.3 is 21.0 Å². The fraction of sp³-hybridized carbons (Fsp3) is 0.278. The Kier molecular flexibility index (Phi) is 6.40. The van der Waals surface area contributed by atoms with Crippen LogP contribution < -0.4 is 11.1 Å². The van der Waals surface area contributed by atoms with Gasteiger partial charge in [0.25, 0.3) is 11.8 Å². The summed E-state index contributed by atoms with van der Waals surface area (Å²) in [5.74, 6) is -2.99. The number of carboxylic acid groups (broad SMARTS) is 1. The molecule has 0 aliphatic carbocycles. The van der Waals surface area contributed by atoms with Crippen molar-refractivity contribution in [1.82, 2.24) is 14.6 Å². The van der Waals surface area contributed by atoms with E-state index in [-0.39, 0.29) is 33.0 Å². The first-order valence-corrected chi connectivity index (χ1v) is 11.5. The van der Waals surface area contributed by atoms with Crippen LogP contribution in [-0.4, -0.2) is 62.4 Å². The van der Waals surface area contributed by atoms with Crippen LogP contribution in [0.15, 0.2) is 34.8 Å². The molecule has 0 spiro atoms. The average Bonchev–Trinajstić information content (AvgIpc) is 3.14. The minimum atomic E-state index is -4.80. The van der Waals surface area contributed by atoms with E-state index >= 15 is 0 Å². The van der Waals surface area contributed by atoms with E-state index in [1.54, 1.807) is 0 Å². The van der Waals surface area contributed by atoms with Gasteiger partial charge in [0.1, 0.15) is 18.3 Å². The summed E-state index contributed by atoms with van der Waals surface area (Å²) in [7, 11) is -4.80. The van der Waals surface area contributed by atoms with Gasteiger partial charge in [-0.2, -0.15) is 8.42 Å². The highest BCUT2D eigenvalue weighted by atomic mass is 32.2. The van der Waals surface area contributed by atoms with E-state index in [0.717, 1.165) is 11.3 Å². The summed E-state index contributed by atoms with van der Waals surface area (Å²) >= 11 is 1.03. The van der Waals surface area contributed by atoms with Crippen molar-refractivity contribution in [2.24, 2.45) is 5.16 Å². The molecule has 33 heavy (non-hydrogen) atoms. The highest BCUT2D eigenvalue weighted by Gasteiger charge is 2.60. The first-order chi connectivity index (χ1) is 15.3. The lowest BCUT2D eigenvalue weighted by molar-refractivity contribution is -0.151.